The van der Waals surface area contributed by atoms with Crippen LogP contribution in [-0.4, -0.2) is 35.2 Å². The fraction of sp³-hybridized carbons (Fsp3) is 0.600. The molecule has 0 spiro atoms. The molecule has 0 radical (unpaired) electrons. The van der Waals surface area contributed by atoms with Gasteiger partial charge in [0.2, 0.25) is 0 Å². The van der Waals surface area contributed by atoms with Crippen molar-refractivity contribution in [1.29, 1.82) is 0 Å². The van der Waals surface area contributed by atoms with Gasteiger partial charge in [0.25, 0.3) is 0 Å². The molecule has 16 heavy (non-hydrogen) atoms. The first-order valence-electron chi connectivity index (χ1n) is 5.25. The summed E-state index contributed by atoms with van der Waals surface area (Å²) in [6, 6.07) is 0. The largest absolute Gasteiger partial charge is 0.383 e. The van der Waals surface area contributed by atoms with E-state index in [1.165, 1.54) is 0 Å². The lowest BCUT2D eigenvalue weighted by Crippen LogP contribution is -2.31. The molecule has 0 unspecified atom stereocenters. The summed E-state index contributed by atoms with van der Waals surface area (Å²) < 4.78 is 6.79. The molecule has 0 saturated carbocycles. The summed E-state index contributed by atoms with van der Waals surface area (Å²) in [5, 5.41) is 11.1. The van der Waals surface area contributed by atoms with E-state index in [4.69, 9.17) is 17.0 Å². The van der Waals surface area contributed by atoms with Gasteiger partial charge in [-0.25, -0.2) is 0 Å². The molecule has 1 rings (SSSR count). The topological polar surface area (TPSA) is 51.1 Å². The van der Waals surface area contributed by atoms with Crippen molar-refractivity contribution >= 4 is 23.0 Å². The molecule has 0 saturated heterocycles. The summed E-state index contributed by atoms with van der Waals surface area (Å²) >= 11 is 5.14. The maximum absolute atomic E-state index is 5.14. The number of hydrogen-bond acceptors (Lipinski definition) is 3. The SMILES string of the molecule is CCn1cc(NC(=S)NCCOC)c(C)n1. The van der Waals surface area contributed by atoms with E-state index < -0.39 is 0 Å². The van der Waals surface area contributed by atoms with Crippen LogP contribution >= 0.6 is 12.2 Å². The molecule has 0 fully saturated rings. The minimum absolute atomic E-state index is 0.593. The van der Waals surface area contributed by atoms with Gasteiger partial charge in [-0.15, -0.1) is 0 Å². The van der Waals surface area contributed by atoms with E-state index >= 15 is 0 Å². The number of aryl methyl sites for hydroxylation is 2. The second kappa shape index (κ2) is 6.44. The van der Waals surface area contributed by atoms with E-state index in [0.717, 1.165) is 17.9 Å². The van der Waals surface area contributed by atoms with Crippen LogP contribution in [0.15, 0.2) is 6.20 Å². The second-order valence-corrected chi connectivity index (χ2v) is 3.77. The maximum atomic E-state index is 5.14. The van der Waals surface area contributed by atoms with E-state index in [1.807, 2.05) is 24.7 Å². The zero-order chi connectivity index (χ0) is 12.0. The van der Waals surface area contributed by atoms with Crippen LogP contribution in [0.25, 0.3) is 0 Å². The highest BCUT2D eigenvalue weighted by molar-refractivity contribution is 7.80. The fourth-order valence-electron chi connectivity index (χ4n) is 1.24. The minimum Gasteiger partial charge on any atom is -0.383 e. The molecule has 1 aromatic heterocycles. The maximum Gasteiger partial charge on any atom is 0.170 e. The lowest BCUT2D eigenvalue weighted by molar-refractivity contribution is 0.204. The summed E-state index contributed by atoms with van der Waals surface area (Å²) in [4.78, 5) is 0. The number of ether oxygens (including phenoxy) is 1. The van der Waals surface area contributed by atoms with Crippen molar-refractivity contribution in [2.45, 2.75) is 20.4 Å². The normalized spacial score (nSPS) is 10.2. The number of methoxy groups -OCH3 is 1. The van der Waals surface area contributed by atoms with Crippen LogP contribution in [0.4, 0.5) is 5.69 Å². The number of hydrogen-bond donors (Lipinski definition) is 2. The Labute approximate surface area is 101 Å². The van der Waals surface area contributed by atoms with Crippen LogP contribution in [-0.2, 0) is 11.3 Å². The first kappa shape index (κ1) is 12.9. The highest BCUT2D eigenvalue weighted by Crippen LogP contribution is 2.11. The van der Waals surface area contributed by atoms with Gasteiger partial charge in [0, 0.05) is 26.4 Å². The molecule has 0 aliphatic rings. The molecule has 0 atom stereocenters. The lowest BCUT2D eigenvalue weighted by atomic mass is 10.4. The minimum atomic E-state index is 0.593. The number of aromatic nitrogens is 2. The second-order valence-electron chi connectivity index (χ2n) is 3.36. The van der Waals surface area contributed by atoms with Crippen molar-refractivity contribution in [3.63, 3.8) is 0 Å². The number of anilines is 1. The molecular weight excluding hydrogens is 224 g/mol. The van der Waals surface area contributed by atoms with Crippen molar-refractivity contribution in [2.75, 3.05) is 25.6 Å². The van der Waals surface area contributed by atoms with Crippen LogP contribution in [0, 0.1) is 6.92 Å². The molecule has 5 nitrogen and oxygen atoms in total. The summed E-state index contributed by atoms with van der Waals surface area (Å²) in [6.07, 6.45) is 1.94. The Bertz CT molecular complexity index is 351. The van der Waals surface area contributed by atoms with Gasteiger partial charge in [-0.1, -0.05) is 0 Å². The molecule has 90 valence electrons. The van der Waals surface area contributed by atoms with Gasteiger partial charge in [0.05, 0.1) is 18.0 Å². The van der Waals surface area contributed by atoms with E-state index in [9.17, 15) is 0 Å². The zero-order valence-electron chi connectivity index (χ0n) is 9.91. The number of nitrogens with one attached hydrogen (secondary N) is 2. The molecule has 2 N–H and O–H groups in total. The third-order valence-electron chi connectivity index (χ3n) is 2.11. The van der Waals surface area contributed by atoms with Crippen LogP contribution in [0.1, 0.15) is 12.6 Å². The molecule has 0 amide bonds. The third-order valence-corrected chi connectivity index (χ3v) is 2.36. The zero-order valence-corrected chi connectivity index (χ0v) is 10.7. The molecule has 6 heteroatoms. The molecular formula is C10H18N4OS. The predicted molar refractivity (Wildman–Crippen MR) is 68.7 cm³/mol. The van der Waals surface area contributed by atoms with Crippen molar-refractivity contribution < 1.29 is 4.74 Å². The Balaban J connectivity index is 2.45. The standard InChI is InChI=1S/C10H18N4OS/c1-4-14-7-9(8(2)13-14)12-10(16)11-5-6-15-3/h7H,4-6H2,1-3H3,(H2,11,12,16). The smallest absolute Gasteiger partial charge is 0.170 e. The number of nitrogens with zero attached hydrogens (tertiary/aromatic N) is 2. The Hall–Kier alpha value is -1.14. The van der Waals surface area contributed by atoms with Gasteiger partial charge in [-0.3, -0.25) is 4.68 Å². The van der Waals surface area contributed by atoms with Gasteiger partial charge < -0.3 is 15.4 Å². The number of rotatable bonds is 5. The van der Waals surface area contributed by atoms with Crippen molar-refractivity contribution in [2.24, 2.45) is 0 Å². The molecule has 0 bridgehead atoms. The fourth-order valence-corrected chi connectivity index (χ4v) is 1.45. The molecule has 0 aliphatic carbocycles. The predicted octanol–water partition coefficient (Wildman–Crippen LogP) is 1.14. The van der Waals surface area contributed by atoms with Gasteiger partial charge >= 0.3 is 0 Å². The van der Waals surface area contributed by atoms with Crippen molar-refractivity contribution in [3.05, 3.63) is 11.9 Å². The van der Waals surface area contributed by atoms with Crippen molar-refractivity contribution in [3.8, 4) is 0 Å². The summed E-state index contributed by atoms with van der Waals surface area (Å²) in [7, 11) is 1.66. The number of thiocarbonyl (C=S) groups is 1. The first-order valence-corrected chi connectivity index (χ1v) is 5.66. The van der Waals surface area contributed by atoms with E-state index in [-0.39, 0.29) is 0 Å². The molecule has 1 aromatic rings. The first-order chi connectivity index (χ1) is 7.67. The molecule has 0 aliphatic heterocycles. The van der Waals surface area contributed by atoms with Crippen LogP contribution in [0.3, 0.4) is 0 Å². The van der Waals surface area contributed by atoms with E-state index in [0.29, 0.717) is 18.3 Å². The van der Waals surface area contributed by atoms with Gasteiger partial charge in [-0.05, 0) is 26.1 Å². The van der Waals surface area contributed by atoms with E-state index in [1.54, 1.807) is 7.11 Å². The Morgan fingerprint density at radius 1 is 1.62 bits per heavy atom. The van der Waals surface area contributed by atoms with Gasteiger partial charge in [-0.2, -0.15) is 5.10 Å². The van der Waals surface area contributed by atoms with Crippen LogP contribution in [0.2, 0.25) is 0 Å². The highest BCUT2D eigenvalue weighted by Gasteiger charge is 2.04. The summed E-state index contributed by atoms with van der Waals surface area (Å²) in [5.74, 6) is 0. The summed E-state index contributed by atoms with van der Waals surface area (Å²) in [6.45, 7) is 6.18. The van der Waals surface area contributed by atoms with Crippen LogP contribution in [0.5, 0.6) is 0 Å². The average molecular weight is 242 g/mol. The molecule has 1 heterocycles. The Morgan fingerprint density at radius 3 is 2.94 bits per heavy atom. The quantitative estimate of drug-likeness (QED) is 0.599. The molecule has 0 aromatic carbocycles. The lowest BCUT2D eigenvalue weighted by Gasteiger charge is -2.08. The van der Waals surface area contributed by atoms with E-state index in [2.05, 4.69) is 15.7 Å². The van der Waals surface area contributed by atoms with Gasteiger partial charge in [0.1, 0.15) is 0 Å². The Kier molecular flexibility index (Phi) is 5.21. The van der Waals surface area contributed by atoms with Gasteiger partial charge in [0.15, 0.2) is 5.11 Å². The highest BCUT2D eigenvalue weighted by atomic mass is 32.1. The summed E-state index contributed by atoms with van der Waals surface area (Å²) in [5.41, 5.74) is 1.88. The Morgan fingerprint density at radius 2 is 2.38 bits per heavy atom. The monoisotopic (exact) mass is 242 g/mol. The third kappa shape index (κ3) is 3.79. The average Bonchev–Trinajstić information content (AvgIpc) is 2.60. The van der Waals surface area contributed by atoms with Crippen molar-refractivity contribution in [1.82, 2.24) is 15.1 Å². The van der Waals surface area contributed by atoms with Crippen LogP contribution < -0.4 is 10.6 Å².